The topological polar surface area (TPSA) is 328 Å². The summed E-state index contributed by atoms with van der Waals surface area (Å²) in [6.07, 6.45) is 11.9. The summed E-state index contributed by atoms with van der Waals surface area (Å²) in [6.45, 7) is 48.4. The van der Waals surface area contributed by atoms with Gasteiger partial charge in [-0.1, -0.05) is 38.1 Å². The van der Waals surface area contributed by atoms with Crippen LogP contribution >= 0.6 is 15.9 Å². The predicted octanol–water partition coefficient (Wildman–Crippen LogP) is 4.14. The minimum absolute atomic E-state index is 0.00314. The molecule has 0 amide bonds. The molecule has 0 radical (unpaired) electrons. The van der Waals surface area contributed by atoms with E-state index < -0.39 is 45.5 Å². The van der Waals surface area contributed by atoms with Crippen LogP contribution in [0.2, 0.25) is 0 Å². The molecule has 0 aliphatic carbocycles. The molecule has 0 atom stereocenters. The second-order valence-corrected chi connectivity index (χ2v) is 30.5. The van der Waals surface area contributed by atoms with Crippen LogP contribution in [-0.4, -0.2) is 325 Å². The molecule has 1 N–H and O–H groups in total. The van der Waals surface area contributed by atoms with Crippen molar-refractivity contribution in [3.8, 4) is 24.7 Å². The molecule has 4 rings (SSSR count). The molecule has 3 aliphatic rings. The van der Waals surface area contributed by atoms with Crippen molar-refractivity contribution in [2.24, 2.45) is 5.11 Å². The SMILES string of the molecule is C#CCBr.C#CCN1CCN(CC(=O)OC(C)(C)C)CCN(CC(=O)OC(C)(C)C)CC1.CC(C)(C)OC(=O)CN1CCNCCN(CC(=O)OC(C)(C)C)CC1.COC(=O)CN=[N+]=[N-].COC(=O)Cn1cc(CN2CCN(CC(=O)OC(C)(C)C)CCN(CC(=O)OC(C)(C)C)CC2)nn1. The summed E-state index contributed by atoms with van der Waals surface area (Å²) in [5, 5.41) is 15.1. The Balaban J connectivity index is 0.00000139. The maximum absolute atomic E-state index is 12.5. The molecular weight excluding hydrogens is 1370 g/mol. The van der Waals surface area contributed by atoms with Gasteiger partial charge in [0, 0.05) is 129 Å². The van der Waals surface area contributed by atoms with E-state index in [9.17, 15) is 38.4 Å². The number of ether oxygens (including phenoxy) is 8. The minimum Gasteiger partial charge on any atom is -0.469 e. The number of azide groups is 1. The lowest BCUT2D eigenvalue weighted by molar-refractivity contribution is -0.158. The van der Waals surface area contributed by atoms with Crippen molar-refractivity contribution in [1.29, 1.82) is 0 Å². The van der Waals surface area contributed by atoms with Gasteiger partial charge in [0.15, 0.2) is 0 Å². The van der Waals surface area contributed by atoms with E-state index in [2.05, 4.69) is 92.3 Å². The fourth-order valence-electron chi connectivity index (χ4n) is 9.27. The molecule has 31 nitrogen and oxygen atoms in total. The number of terminal acetylenes is 2. The van der Waals surface area contributed by atoms with Gasteiger partial charge in [0.25, 0.3) is 0 Å². The maximum Gasteiger partial charge on any atom is 0.327 e. The smallest absolute Gasteiger partial charge is 0.327 e. The number of alkyl halides is 1. The molecule has 3 saturated heterocycles. The van der Waals surface area contributed by atoms with Crippen LogP contribution in [0.3, 0.4) is 0 Å². The number of esters is 8. The quantitative estimate of drug-likeness (QED) is 0.0387. The summed E-state index contributed by atoms with van der Waals surface area (Å²) in [6, 6.07) is 0. The van der Waals surface area contributed by atoms with Gasteiger partial charge in [-0.2, -0.15) is 0 Å². The number of methoxy groups -OCH3 is 2. The number of hydrogen-bond donors (Lipinski definition) is 1. The number of hydrogen-bond acceptors (Lipinski definition) is 28. The van der Waals surface area contributed by atoms with Crippen LogP contribution in [0.5, 0.6) is 0 Å². The van der Waals surface area contributed by atoms with Crippen molar-refractivity contribution in [1.82, 2.24) is 59.5 Å². The zero-order chi connectivity index (χ0) is 77.2. The van der Waals surface area contributed by atoms with Crippen LogP contribution in [0, 0.1) is 24.7 Å². The van der Waals surface area contributed by atoms with Crippen LogP contribution in [0.4, 0.5) is 0 Å². The Labute approximate surface area is 610 Å². The molecular formula is C69H122BrN15O16. The van der Waals surface area contributed by atoms with E-state index >= 15 is 0 Å². The van der Waals surface area contributed by atoms with E-state index in [1.54, 1.807) is 6.20 Å². The fourth-order valence-corrected chi connectivity index (χ4v) is 9.27. The summed E-state index contributed by atoms with van der Waals surface area (Å²) in [4.78, 5) is 114. The van der Waals surface area contributed by atoms with Crippen LogP contribution in [0.15, 0.2) is 11.3 Å². The van der Waals surface area contributed by atoms with Gasteiger partial charge >= 0.3 is 47.8 Å². The van der Waals surface area contributed by atoms with Gasteiger partial charge in [-0.15, -0.1) is 17.9 Å². The maximum atomic E-state index is 12.5. The molecule has 101 heavy (non-hydrogen) atoms. The minimum atomic E-state index is -0.554. The third-order valence-corrected chi connectivity index (χ3v) is 13.7. The summed E-state index contributed by atoms with van der Waals surface area (Å²) in [5.41, 5.74) is 5.31. The number of carbonyl (C=O) groups excluding carboxylic acids is 8. The molecule has 0 aromatic carbocycles. The summed E-state index contributed by atoms with van der Waals surface area (Å²) in [7, 11) is 2.56. The molecule has 0 saturated carbocycles. The number of halogens is 1. The molecule has 1 aromatic rings. The number of aromatic nitrogens is 3. The normalized spacial score (nSPS) is 16.6. The van der Waals surface area contributed by atoms with Crippen LogP contribution < -0.4 is 5.32 Å². The van der Waals surface area contributed by atoms with Crippen LogP contribution in [0.1, 0.15) is 130 Å². The largest absolute Gasteiger partial charge is 0.469 e. The van der Waals surface area contributed by atoms with E-state index in [4.69, 9.17) is 46.8 Å². The summed E-state index contributed by atoms with van der Waals surface area (Å²) in [5.74, 6) is 2.63. The Kier molecular flexibility index (Phi) is 45.3. The number of nitrogens with one attached hydrogen (secondary N) is 1. The highest BCUT2D eigenvalue weighted by atomic mass is 79.9. The first-order valence-corrected chi connectivity index (χ1v) is 35.2. The van der Waals surface area contributed by atoms with Crippen molar-refractivity contribution in [3.05, 3.63) is 22.3 Å². The lowest BCUT2D eigenvalue weighted by atomic mass is 10.2. The average molecular weight is 1500 g/mol. The van der Waals surface area contributed by atoms with Gasteiger partial charge < -0.3 is 43.2 Å². The van der Waals surface area contributed by atoms with E-state index in [-0.39, 0.29) is 88.2 Å². The van der Waals surface area contributed by atoms with E-state index in [0.717, 1.165) is 58.1 Å². The Morgan fingerprint density at radius 1 is 0.446 bits per heavy atom. The monoisotopic (exact) mass is 1500 g/mol. The summed E-state index contributed by atoms with van der Waals surface area (Å²) < 4.78 is 43.0. The first-order valence-electron chi connectivity index (χ1n) is 34.0. The Morgan fingerprint density at radius 3 is 0.960 bits per heavy atom. The fraction of sp³-hybridized carbons (Fsp3) is 0.797. The highest BCUT2D eigenvalue weighted by Gasteiger charge is 2.29. The second kappa shape index (κ2) is 48.4. The second-order valence-electron chi connectivity index (χ2n) is 30.0. The van der Waals surface area contributed by atoms with E-state index in [1.807, 2.05) is 134 Å². The number of carbonyl (C=O) groups is 8. The lowest BCUT2D eigenvalue weighted by Gasteiger charge is -2.27. The molecule has 3 fully saturated rings. The van der Waals surface area contributed by atoms with E-state index in [0.29, 0.717) is 83.9 Å². The third kappa shape index (κ3) is 54.8. The van der Waals surface area contributed by atoms with E-state index in [1.165, 1.54) is 18.9 Å². The third-order valence-electron chi connectivity index (χ3n) is 13.3. The van der Waals surface area contributed by atoms with Gasteiger partial charge in [-0.3, -0.25) is 77.6 Å². The molecule has 1 aromatic heterocycles. The van der Waals surface area contributed by atoms with Gasteiger partial charge in [0.05, 0.1) is 77.3 Å². The van der Waals surface area contributed by atoms with Gasteiger partial charge in [-0.25, -0.2) is 4.68 Å². The zero-order valence-electron chi connectivity index (χ0n) is 64.4. The van der Waals surface area contributed by atoms with Crippen molar-refractivity contribution < 1.29 is 76.3 Å². The average Bonchev–Trinajstić information content (AvgIpc) is 1.66. The molecule has 3 aliphatic heterocycles. The first kappa shape index (κ1) is 94.5. The highest BCUT2D eigenvalue weighted by Crippen LogP contribution is 2.15. The van der Waals surface area contributed by atoms with Gasteiger partial charge in [-0.05, 0) is 130 Å². The standard InChI is InChI=1S/C24H42N6O6.C21H37N3O4.C18H35N3O4.C3H3Br.C3H5N3O2/c1-23(2,3)35-21(32)16-28-10-8-27(14-19-15-30(26-25-19)18-20(31)34-7)9-11-29(13-12-28)17-22(33)36-24(4,5)6;1-8-9-22-10-12-23(16-18(25)27-20(2,3)4)14-15-24(13-11-22)17-19(26)28-21(5,6)7;1-17(2,3)24-15(22)13-20-9-7-19-8-10-21(12-11-20)14-16(23)25-18(4,5)6;1-2-3-4;1-8-3(7)2-5-6-4/h15H,8-14,16-18H2,1-7H3;1H,9-17H2,2-7H3;19H,7-14H2,1-6H3;1H,3H2;2H2,1H3. The summed E-state index contributed by atoms with van der Waals surface area (Å²) >= 11 is 3.01. The molecule has 0 bridgehead atoms. The highest BCUT2D eigenvalue weighted by molar-refractivity contribution is 9.09. The van der Waals surface area contributed by atoms with Crippen molar-refractivity contribution in [2.45, 2.75) is 171 Å². The molecule has 4 heterocycles. The van der Waals surface area contributed by atoms with Crippen molar-refractivity contribution in [2.75, 3.05) is 190 Å². The van der Waals surface area contributed by atoms with Crippen molar-refractivity contribution >= 4 is 63.7 Å². The predicted molar refractivity (Wildman–Crippen MR) is 388 cm³/mol. The Morgan fingerprint density at radius 2 is 0.713 bits per heavy atom. The Bertz CT molecular complexity index is 2660. The zero-order valence-corrected chi connectivity index (χ0v) is 66.0. The van der Waals surface area contributed by atoms with Crippen molar-refractivity contribution in [3.63, 3.8) is 0 Å². The lowest BCUT2D eigenvalue weighted by Crippen LogP contribution is -2.42. The first-order chi connectivity index (χ1) is 46.8. The molecule has 0 spiro atoms. The van der Waals surface area contributed by atoms with Gasteiger partial charge in [0.1, 0.15) is 46.7 Å². The molecule has 576 valence electrons. The van der Waals surface area contributed by atoms with Crippen LogP contribution in [0.25, 0.3) is 10.4 Å². The van der Waals surface area contributed by atoms with Crippen LogP contribution in [-0.2, 0) is 89.3 Å². The molecule has 0 unspecified atom stereocenters. The number of rotatable bonds is 19. The molecule has 32 heteroatoms. The number of nitrogens with zero attached hydrogens (tertiary/aromatic N) is 14. The Hall–Kier alpha value is -6.55. The van der Waals surface area contributed by atoms with Gasteiger partial charge in [0.2, 0.25) is 0 Å².